The van der Waals surface area contributed by atoms with Crippen molar-refractivity contribution in [3.8, 4) is 0 Å². The monoisotopic (exact) mass is 211 g/mol. The summed E-state index contributed by atoms with van der Waals surface area (Å²) < 4.78 is 0. The molecule has 0 amide bonds. The van der Waals surface area contributed by atoms with Crippen LogP contribution in [0.25, 0.3) is 5.53 Å². The smallest absolute Gasteiger partial charge is 0.295 e. The lowest BCUT2D eigenvalue weighted by Crippen LogP contribution is -2.05. The van der Waals surface area contributed by atoms with E-state index in [1.807, 2.05) is 30.4 Å². The standard InChI is InChI=1S/C13H13N3/c1-10-4-2-3-5-13(10)15-11-6-8-12(16-14)9-7-11/h2-8,15H,9H2,1H3. The molecule has 0 fully saturated rings. The van der Waals surface area contributed by atoms with E-state index in [1.54, 1.807) is 6.08 Å². The van der Waals surface area contributed by atoms with Crippen LogP contribution >= 0.6 is 0 Å². The molecule has 0 bridgehead atoms. The second kappa shape index (κ2) is 4.60. The van der Waals surface area contributed by atoms with E-state index in [4.69, 9.17) is 5.53 Å². The van der Waals surface area contributed by atoms with E-state index < -0.39 is 0 Å². The van der Waals surface area contributed by atoms with Crippen LogP contribution < -0.4 is 5.32 Å². The zero-order valence-corrected chi connectivity index (χ0v) is 9.14. The zero-order valence-electron chi connectivity index (χ0n) is 9.14. The SMILES string of the molecule is Cc1ccccc1NC1=CCC(=[N+]=[N-])C=C1. The van der Waals surface area contributed by atoms with E-state index in [1.165, 1.54) is 5.56 Å². The average Bonchev–Trinajstić information content (AvgIpc) is 2.33. The van der Waals surface area contributed by atoms with Gasteiger partial charge in [0.1, 0.15) is 0 Å². The van der Waals surface area contributed by atoms with Gasteiger partial charge in [-0.15, -0.1) is 0 Å². The fraction of sp³-hybridized carbons (Fsp3) is 0.154. The van der Waals surface area contributed by atoms with E-state index in [2.05, 4.69) is 23.1 Å². The number of para-hydroxylation sites is 1. The Bertz CT molecular complexity index is 506. The maximum absolute atomic E-state index is 8.60. The highest BCUT2D eigenvalue weighted by Crippen LogP contribution is 2.17. The molecule has 1 aromatic rings. The Morgan fingerprint density at radius 1 is 1.25 bits per heavy atom. The number of hydrogen-bond acceptors (Lipinski definition) is 1. The molecule has 0 aromatic heterocycles. The van der Waals surface area contributed by atoms with Crippen LogP contribution in [-0.2, 0) is 0 Å². The van der Waals surface area contributed by atoms with Gasteiger partial charge in [-0.2, -0.15) is 4.79 Å². The molecule has 0 saturated carbocycles. The quantitative estimate of drug-likeness (QED) is 0.593. The summed E-state index contributed by atoms with van der Waals surface area (Å²) in [4.78, 5) is 3.16. The minimum atomic E-state index is 0.654. The van der Waals surface area contributed by atoms with Crippen LogP contribution in [-0.4, -0.2) is 10.5 Å². The summed E-state index contributed by atoms with van der Waals surface area (Å²) in [6, 6.07) is 8.13. The summed E-state index contributed by atoms with van der Waals surface area (Å²) in [5.41, 5.74) is 12.6. The topological polar surface area (TPSA) is 48.4 Å². The predicted octanol–water partition coefficient (Wildman–Crippen LogP) is 2.92. The van der Waals surface area contributed by atoms with E-state index in [-0.39, 0.29) is 0 Å². The van der Waals surface area contributed by atoms with Crippen molar-refractivity contribution in [2.75, 3.05) is 5.32 Å². The molecule has 0 unspecified atom stereocenters. The lowest BCUT2D eigenvalue weighted by Gasteiger charge is -2.11. The van der Waals surface area contributed by atoms with Crippen LogP contribution in [0.2, 0.25) is 0 Å². The Morgan fingerprint density at radius 2 is 2.06 bits per heavy atom. The normalized spacial score (nSPS) is 14.3. The third kappa shape index (κ3) is 2.27. The van der Waals surface area contributed by atoms with Gasteiger partial charge in [-0.1, -0.05) is 18.2 Å². The van der Waals surface area contributed by atoms with Gasteiger partial charge in [0.05, 0.1) is 6.42 Å². The molecule has 1 N–H and O–H groups in total. The van der Waals surface area contributed by atoms with E-state index in [9.17, 15) is 0 Å². The summed E-state index contributed by atoms with van der Waals surface area (Å²) >= 11 is 0. The maximum atomic E-state index is 8.60. The van der Waals surface area contributed by atoms with Crippen LogP contribution in [0.3, 0.4) is 0 Å². The molecule has 0 heterocycles. The number of aryl methyl sites for hydroxylation is 1. The van der Waals surface area contributed by atoms with Crippen LogP contribution in [0.1, 0.15) is 12.0 Å². The molecule has 0 saturated heterocycles. The average molecular weight is 211 g/mol. The largest absolute Gasteiger partial charge is 0.361 e. The second-order valence-electron chi connectivity index (χ2n) is 3.73. The number of hydrogen-bond donors (Lipinski definition) is 1. The first-order valence-corrected chi connectivity index (χ1v) is 5.21. The van der Waals surface area contributed by atoms with E-state index in [0.717, 1.165) is 11.4 Å². The molecule has 1 aliphatic carbocycles. The van der Waals surface area contributed by atoms with Crippen molar-refractivity contribution in [1.82, 2.24) is 0 Å². The predicted molar refractivity (Wildman–Crippen MR) is 65.3 cm³/mol. The van der Waals surface area contributed by atoms with E-state index >= 15 is 0 Å². The molecule has 80 valence electrons. The van der Waals surface area contributed by atoms with Crippen LogP contribution in [0.4, 0.5) is 5.69 Å². The highest BCUT2D eigenvalue weighted by atomic mass is 14.9. The van der Waals surface area contributed by atoms with Crippen molar-refractivity contribution >= 4 is 11.4 Å². The first-order valence-electron chi connectivity index (χ1n) is 5.21. The Kier molecular flexibility index (Phi) is 2.99. The van der Waals surface area contributed by atoms with Gasteiger partial charge in [-0.05, 0) is 30.7 Å². The van der Waals surface area contributed by atoms with Gasteiger partial charge in [0.25, 0.3) is 5.71 Å². The van der Waals surface area contributed by atoms with Crippen molar-refractivity contribution in [3.63, 3.8) is 0 Å². The van der Waals surface area contributed by atoms with Gasteiger partial charge in [0.15, 0.2) is 0 Å². The summed E-state index contributed by atoms with van der Waals surface area (Å²) in [5, 5.41) is 3.33. The molecule has 0 radical (unpaired) electrons. The number of nitrogens with zero attached hydrogens (tertiary/aromatic N) is 2. The Labute approximate surface area is 94.7 Å². The molecule has 0 atom stereocenters. The molecule has 3 heteroatoms. The Hall–Kier alpha value is -2.12. The van der Waals surface area contributed by atoms with Crippen molar-refractivity contribution in [3.05, 3.63) is 59.3 Å². The summed E-state index contributed by atoms with van der Waals surface area (Å²) in [6.45, 7) is 2.07. The fourth-order valence-electron chi connectivity index (χ4n) is 1.57. The molecule has 1 aliphatic rings. The molecule has 16 heavy (non-hydrogen) atoms. The third-order valence-corrected chi connectivity index (χ3v) is 2.54. The molecule has 3 nitrogen and oxygen atoms in total. The number of allylic oxidation sites excluding steroid dienone is 3. The van der Waals surface area contributed by atoms with E-state index in [0.29, 0.717) is 12.1 Å². The summed E-state index contributed by atoms with van der Waals surface area (Å²) in [5.74, 6) is 0. The molecular formula is C13H13N3. The van der Waals surface area contributed by atoms with Crippen LogP contribution in [0.15, 0.2) is 48.2 Å². The zero-order chi connectivity index (χ0) is 11.4. The second-order valence-corrected chi connectivity index (χ2v) is 3.73. The molecule has 2 rings (SSSR count). The van der Waals surface area contributed by atoms with Gasteiger partial charge in [0.2, 0.25) is 0 Å². The highest BCUT2D eigenvalue weighted by Gasteiger charge is 2.08. The molecular weight excluding hydrogens is 198 g/mol. The van der Waals surface area contributed by atoms with Gasteiger partial charge < -0.3 is 10.8 Å². The van der Waals surface area contributed by atoms with Crippen molar-refractivity contribution < 1.29 is 4.79 Å². The molecule has 1 aromatic carbocycles. The first-order chi connectivity index (χ1) is 7.79. The van der Waals surface area contributed by atoms with Crippen molar-refractivity contribution in [2.24, 2.45) is 0 Å². The Balaban J connectivity index is 2.13. The highest BCUT2D eigenvalue weighted by molar-refractivity contribution is 5.93. The number of anilines is 1. The number of benzene rings is 1. The Morgan fingerprint density at radius 3 is 2.69 bits per heavy atom. The van der Waals surface area contributed by atoms with Crippen LogP contribution in [0.5, 0.6) is 0 Å². The van der Waals surface area contributed by atoms with Crippen molar-refractivity contribution in [2.45, 2.75) is 13.3 Å². The number of nitrogens with one attached hydrogen (secondary N) is 1. The summed E-state index contributed by atoms with van der Waals surface area (Å²) in [7, 11) is 0. The fourth-order valence-corrected chi connectivity index (χ4v) is 1.57. The molecule has 0 aliphatic heterocycles. The third-order valence-electron chi connectivity index (χ3n) is 2.54. The van der Waals surface area contributed by atoms with Gasteiger partial charge in [-0.25, -0.2) is 0 Å². The minimum absolute atomic E-state index is 0.654. The minimum Gasteiger partial charge on any atom is -0.361 e. The lowest BCUT2D eigenvalue weighted by molar-refractivity contribution is -0.00540. The van der Waals surface area contributed by atoms with Crippen molar-refractivity contribution in [1.29, 1.82) is 0 Å². The maximum Gasteiger partial charge on any atom is 0.295 e. The van der Waals surface area contributed by atoms with Gasteiger partial charge in [-0.3, -0.25) is 0 Å². The first kappa shape index (κ1) is 10.4. The van der Waals surface area contributed by atoms with Crippen LogP contribution in [0, 0.1) is 6.92 Å². The van der Waals surface area contributed by atoms with Gasteiger partial charge in [0, 0.05) is 17.5 Å². The molecule has 0 spiro atoms. The number of rotatable bonds is 2. The summed E-state index contributed by atoms with van der Waals surface area (Å²) in [6.07, 6.45) is 6.37. The van der Waals surface area contributed by atoms with Gasteiger partial charge >= 0.3 is 0 Å². The lowest BCUT2D eigenvalue weighted by atomic mass is 10.1.